The van der Waals surface area contributed by atoms with E-state index in [2.05, 4.69) is 15.0 Å². The lowest BCUT2D eigenvalue weighted by Gasteiger charge is -2.08. The summed E-state index contributed by atoms with van der Waals surface area (Å²) in [4.78, 5) is 36.6. The van der Waals surface area contributed by atoms with Crippen molar-refractivity contribution in [3.63, 3.8) is 0 Å². The Labute approximate surface area is 101 Å². The first-order valence-electron chi connectivity index (χ1n) is 4.51. The molecule has 1 radical (unpaired) electrons. The molecule has 0 aliphatic heterocycles. The second-order valence-corrected chi connectivity index (χ2v) is 3.87. The molecule has 0 aromatic carbocycles. The Bertz CT molecular complexity index is 432. The van der Waals surface area contributed by atoms with E-state index in [1.165, 1.54) is 12.5 Å². The minimum absolute atomic E-state index is 0.280. The van der Waals surface area contributed by atoms with E-state index in [4.69, 9.17) is 5.73 Å². The number of aromatic nitrogens is 1. The number of ether oxygens (including phenoxy) is 1. The van der Waals surface area contributed by atoms with Crippen molar-refractivity contribution in [3.05, 3.63) is 11.1 Å². The zero-order valence-corrected chi connectivity index (χ0v) is 9.74. The van der Waals surface area contributed by atoms with E-state index in [-0.39, 0.29) is 5.13 Å². The van der Waals surface area contributed by atoms with Crippen molar-refractivity contribution in [2.75, 3.05) is 12.8 Å². The van der Waals surface area contributed by atoms with Crippen molar-refractivity contribution in [1.82, 2.24) is 10.3 Å². The lowest BCUT2D eigenvalue weighted by molar-refractivity contribution is -0.143. The van der Waals surface area contributed by atoms with E-state index in [0.717, 1.165) is 11.3 Å². The van der Waals surface area contributed by atoms with Crippen LogP contribution in [0.5, 0.6) is 0 Å². The Morgan fingerprint density at radius 2 is 2.41 bits per heavy atom. The van der Waals surface area contributed by atoms with Crippen LogP contribution in [-0.2, 0) is 19.1 Å². The molecule has 1 rings (SSSR count). The number of nitrogens with one attached hydrogen (secondary N) is 1. The molecule has 0 bridgehead atoms. The molecule has 0 aliphatic rings. The third-order valence-corrected chi connectivity index (χ3v) is 2.48. The summed E-state index contributed by atoms with van der Waals surface area (Å²) in [6.45, 7) is 0. The number of anilines is 1. The SMILES string of the molecule is COC(=O)CC(=O)NC([C]=O)c1csc(N)n1. The van der Waals surface area contributed by atoms with Gasteiger partial charge in [0.2, 0.25) is 12.2 Å². The number of nitrogens with two attached hydrogens (primary N) is 1. The fourth-order valence-corrected chi connectivity index (χ4v) is 1.60. The van der Waals surface area contributed by atoms with Gasteiger partial charge >= 0.3 is 5.97 Å². The molecular formula is C9H10N3O4S. The summed E-state index contributed by atoms with van der Waals surface area (Å²) >= 11 is 1.14. The molecule has 1 aromatic rings. The minimum atomic E-state index is -1.03. The third-order valence-electron chi connectivity index (χ3n) is 1.79. The van der Waals surface area contributed by atoms with E-state index in [0.29, 0.717) is 5.69 Å². The minimum Gasteiger partial charge on any atom is -0.469 e. The van der Waals surface area contributed by atoms with Crippen LogP contribution in [-0.4, -0.2) is 30.3 Å². The summed E-state index contributed by atoms with van der Waals surface area (Å²) in [6, 6.07) is -1.03. The zero-order valence-electron chi connectivity index (χ0n) is 8.93. The molecule has 0 saturated heterocycles. The highest BCUT2D eigenvalue weighted by Crippen LogP contribution is 2.16. The first kappa shape index (κ1) is 13.1. The van der Waals surface area contributed by atoms with E-state index in [1.54, 1.807) is 6.29 Å². The number of esters is 1. The molecule has 0 fully saturated rings. The molecule has 1 amide bonds. The number of thiazole rings is 1. The molecule has 0 saturated carbocycles. The van der Waals surface area contributed by atoms with Gasteiger partial charge in [-0.25, -0.2) is 4.98 Å². The number of hydrogen-bond acceptors (Lipinski definition) is 7. The van der Waals surface area contributed by atoms with Gasteiger partial charge in [0, 0.05) is 5.38 Å². The summed E-state index contributed by atoms with van der Waals surface area (Å²) in [5, 5.41) is 4.10. The van der Waals surface area contributed by atoms with Crippen LogP contribution in [0.4, 0.5) is 5.13 Å². The standard InChI is InChI=1S/C9H10N3O4S/c1-16-8(15)2-7(14)11-5(3-13)6-4-17-9(10)12-6/h4-5H,2H2,1H3,(H2,10,12)(H,11,14). The fourth-order valence-electron chi connectivity index (χ4n) is 1.01. The van der Waals surface area contributed by atoms with Crippen LogP contribution in [0.15, 0.2) is 5.38 Å². The second kappa shape index (κ2) is 5.94. The van der Waals surface area contributed by atoms with Crippen molar-refractivity contribution < 1.29 is 19.1 Å². The topological polar surface area (TPSA) is 111 Å². The number of hydrogen-bond donors (Lipinski definition) is 2. The molecule has 1 heterocycles. The fraction of sp³-hybridized carbons (Fsp3) is 0.333. The Kier molecular flexibility index (Phi) is 4.58. The molecule has 0 aliphatic carbocycles. The number of carbonyl (C=O) groups excluding carboxylic acids is 3. The summed E-state index contributed by atoms with van der Waals surface area (Å²) in [6.07, 6.45) is 1.14. The van der Waals surface area contributed by atoms with E-state index in [1.807, 2.05) is 0 Å². The van der Waals surface area contributed by atoms with Crippen LogP contribution in [0.3, 0.4) is 0 Å². The van der Waals surface area contributed by atoms with Gasteiger partial charge < -0.3 is 15.8 Å². The molecule has 1 unspecified atom stereocenters. The molecule has 17 heavy (non-hydrogen) atoms. The van der Waals surface area contributed by atoms with Crippen LogP contribution in [0, 0.1) is 0 Å². The monoisotopic (exact) mass is 256 g/mol. The van der Waals surface area contributed by atoms with Crippen LogP contribution >= 0.6 is 11.3 Å². The molecule has 91 valence electrons. The molecular weight excluding hydrogens is 246 g/mol. The van der Waals surface area contributed by atoms with Gasteiger partial charge in [-0.2, -0.15) is 0 Å². The normalized spacial score (nSPS) is 11.6. The molecule has 1 aromatic heterocycles. The van der Waals surface area contributed by atoms with Gasteiger partial charge in [0.15, 0.2) is 5.13 Å². The first-order chi connectivity index (χ1) is 8.06. The molecule has 8 heteroatoms. The Morgan fingerprint density at radius 3 is 2.88 bits per heavy atom. The summed E-state index contributed by atoms with van der Waals surface area (Å²) in [7, 11) is 1.17. The van der Waals surface area contributed by atoms with Crippen LogP contribution < -0.4 is 11.1 Å². The van der Waals surface area contributed by atoms with Gasteiger partial charge in [-0.05, 0) is 0 Å². The number of rotatable bonds is 5. The quantitative estimate of drug-likeness (QED) is 0.545. The predicted octanol–water partition coefficient (Wildman–Crippen LogP) is -0.445. The lowest BCUT2D eigenvalue weighted by Crippen LogP contribution is -2.31. The maximum atomic E-state index is 11.3. The maximum absolute atomic E-state index is 11.3. The summed E-state index contributed by atoms with van der Waals surface area (Å²) < 4.78 is 4.31. The summed E-state index contributed by atoms with van der Waals surface area (Å²) in [5.41, 5.74) is 5.69. The van der Waals surface area contributed by atoms with Crippen LogP contribution in [0.25, 0.3) is 0 Å². The van der Waals surface area contributed by atoms with Crippen LogP contribution in [0.1, 0.15) is 18.2 Å². The van der Waals surface area contributed by atoms with Gasteiger partial charge in [0.05, 0.1) is 12.8 Å². The Morgan fingerprint density at radius 1 is 1.71 bits per heavy atom. The summed E-state index contributed by atoms with van der Waals surface area (Å²) in [5.74, 6) is -1.33. The smallest absolute Gasteiger partial charge is 0.315 e. The number of amides is 1. The van der Waals surface area contributed by atoms with Gasteiger partial charge in [-0.15, -0.1) is 11.3 Å². The van der Waals surface area contributed by atoms with Crippen molar-refractivity contribution in [2.45, 2.75) is 12.5 Å². The largest absolute Gasteiger partial charge is 0.469 e. The van der Waals surface area contributed by atoms with Crippen LogP contribution in [0.2, 0.25) is 0 Å². The Balaban J connectivity index is 2.61. The number of methoxy groups -OCH3 is 1. The zero-order chi connectivity index (χ0) is 12.8. The molecule has 3 N–H and O–H groups in total. The highest BCUT2D eigenvalue weighted by atomic mass is 32.1. The van der Waals surface area contributed by atoms with E-state index >= 15 is 0 Å². The number of nitrogen functional groups attached to an aromatic ring is 1. The van der Waals surface area contributed by atoms with Crippen molar-refractivity contribution in [3.8, 4) is 0 Å². The predicted molar refractivity (Wildman–Crippen MR) is 59.7 cm³/mol. The van der Waals surface area contributed by atoms with Gasteiger partial charge in [-0.3, -0.25) is 14.4 Å². The molecule has 0 spiro atoms. The van der Waals surface area contributed by atoms with Gasteiger partial charge in [0.1, 0.15) is 12.5 Å². The Hall–Kier alpha value is -1.96. The van der Waals surface area contributed by atoms with Crippen molar-refractivity contribution in [1.29, 1.82) is 0 Å². The van der Waals surface area contributed by atoms with Crippen molar-refractivity contribution >= 4 is 34.6 Å². The second-order valence-electron chi connectivity index (χ2n) is 2.98. The maximum Gasteiger partial charge on any atom is 0.315 e. The average Bonchev–Trinajstić information content (AvgIpc) is 2.72. The van der Waals surface area contributed by atoms with Gasteiger partial charge in [-0.1, -0.05) is 0 Å². The lowest BCUT2D eigenvalue weighted by atomic mass is 10.2. The third kappa shape index (κ3) is 3.83. The molecule has 1 atom stereocenters. The number of carbonyl (C=O) groups is 2. The van der Waals surface area contributed by atoms with Crippen molar-refractivity contribution in [2.24, 2.45) is 0 Å². The average molecular weight is 256 g/mol. The number of nitrogens with zero attached hydrogens (tertiary/aromatic N) is 1. The first-order valence-corrected chi connectivity index (χ1v) is 5.39. The highest BCUT2D eigenvalue weighted by Gasteiger charge is 2.19. The van der Waals surface area contributed by atoms with Gasteiger partial charge in [0.25, 0.3) is 0 Å². The van der Waals surface area contributed by atoms with E-state index in [9.17, 15) is 14.4 Å². The molecule has 7 nitrogen and oxygen atoms in total. The van der Waals surface area contributed by atoms with E-state index < -0.39 is 24.3 Å². The highest BCUT2D eigenvalue weighted by molar-refractivity contribution is 7.13.